The summed E-state index contributed by atoms with van der Waals surface area (Å²) in [5.74, 6) is 1.59. The number of nitrogens with zero attached hydrogens (tertiary/aromatic N) is 4. The van der Waals surface area contributed by atoms with Crippen molar-refractivity contribution < 1.29 is 0 Å². The minimum Gasteiger partial charge on any atom is -0.261 e. The molecule has 2 unspecified atom stereocenters. The number of aryl methyl sites for hydroxylation is 1. The third kappa shape index (κ3) is 2.55. The molecule has 0 N–H and O–H groups in total. The van der Waals surface area contributed by atoms with Crippen LogP contribution in [0.5, 0.6) is 0 Å². The summed E-state index contributed by atoms with van der Waals surface area (Å²) >= 11 is 0. The van der Waals surface area contributed by atoms with Gasteiger partial charge in [-0.25, -0.2) is 0 Å². The Labute approximate surface area is 125 Å². The average Bonchev–Trinajstić information content (AvgIpc) is 3.13. The quantitative estimate of drug-likeness (QED) is 0.863. The molecule has 108 valence electrons. The van der Waals surface area contributed by atoms with E-state index in [2.05, 4.69) is 15.0 Å². The van der Waals surface area contributed by atoms with Crippen molar-refractivity contribution in [3.63, 3.8) is 0 Å². The van der Waals surface area contributed by atoms with Crippen LogP contribution in [0.25, 0.3) is 0 Å². The minimum atomic E-state index is 0.477. The molecule has 4 nitrogen and oxygen atoms in total. The first-order valence-corrected chi connectivity index (χ1v) is 7.91. The predicted molar refractivity (Wildman–Crippen MR) is 80.1 cm³/mol. The summed E-state index contributed by atoms with van der Waals surface area (Å²) in [6, 6.07) is 0. The van der Waals surface area contributed by atoms with E-state index in [4.69, 9.17) is 4.98 Å². The average molecular weight is 280 g/mol. The van der Waals surface area contributed by atoms with Crippen molar-refractivity contribution in [3.05, 3.63) is 47.6 Å². The second-order valence-corrected chi connectivity index (χ2v) is 6.38. The zero-order valence-electron chi connectivity index (χ0n) is 12.4. The molecule has 2 aliphatic rings. The number of rotatable bonds is 3. The van der Waals surface area contributed by atoms with Crippen molar-refractivity contribution in [2.75, 3.05) is 0 Å². The lowest BCUT2D eigenvalue weighted by molar-refractivity contribution is 0.683. The Bertz CT molecular complexity index is 649. The Morgan fingerprint density at radius 1 is 0.810 bits per heavy atom. The molecule has 0 aromatic carbocycles. The van der Waals surface area contributed by atoms with Crippen LogP contribution in [0.2, 0.25) is 0 Å². The molecular formula is C17H20N4. The molecule has 0 amide bonds. The summed E-state index contributed by atoms with van der Waals surface area (Å²) in [4.78, 5) is 18.2. The van der Waals surface area contributed by atoms with Gasteiger partial charge in [-0.2, -0.15) is 0 Å². The van der Waals surface area contributed by atoms with Gasteiger partial charge in [-0.05, 0) is 26.2 Å². The van der Waals surface area contributed by atoms with Crippen LogP contribution in [0.1, 0.15) is 72.6 Å². The first-order valence-electron chi connectivity index (χ1n) is 7.91. The maximum atomic E-state index is 4.90. The standard InChI is InChI=1S/C17H20N4/c1-11-7-18-9-16(20-11)13-6-14(13)17-10-19-8-15(21-17)12-4-2-3-5-12/h7-10,12-14H,2-6H2,1H3. The monoisotopic (exact) mass is 280 g/mol. The van der Waals surface area contributed by atoms with Gasteiger partial charge in [0.05, 0.1) is 22.8 Å². The van der Waals surface area contributed by atoms with Gasteiger partial charge in [0.1, 0.15) is 0 Å². The molecule has 2 saturated carbocycles. The molecule has 0 spiro atoms. The lowest BCUT2D eigenvalue weighted by atomic mass is 10.0. The van der Waals surface area contributed by atoms with Crippen LogP contribution < -0.4 is 0 Å². The zero-order valence-corrected chi connectivity index (χ0v) is 12.4. The smallest absolute Gasteiger partial charge is 0.0627 e. The second kappa shape index (κ2) is 5.17. The number of hydrogen-bond acceptors (Lipinski definition) is 4. The normalized spacial score (nSPS) is 25.2. The SMILES string of the molecule is Cc1cncc(C2CC2c2cncc(C3CCCC3)n2)n1. The summed E-state index contributed by atoms with van der Waals surface area (Å²) in [5.41, 5.74) is 4.44. The van der Waals surface area contributed by atoms with Crippen LogP contribution >= 0.6 is 0 Å². The number of aromatic nitrogens is 4. The predicted octanol–water partition coefficient (Wildman–Crippen LogP) is 3.50. The van der Waals surface area contributed by atoms with Gasteiger partial charge in [0, 0.05) is 42.5 Å². The summed E-state index contributed by atoms with van der Waals surface area (Å²) in [7, 11) is 0. The summed E-state index contributed by atoms with van der Waals surface area (Å²) in [6.07, 6.45) is 13.9. The first kappa shape index (κ1) is 12.9. The van der Waals surface area contributed by atoms with Crippen molar-refractivity contribution in [3.8, 4) is 0 Å². The molecule has 2 fully saturated rings. The van der Waals surface area contributed by atoms with Gasteiger partial charge in [-0.1, -0.05) is 12.8 Å². The molecular weight excluding hydrogens is 260 g/mol. The van der Waals surface area contributed by atoms with Crippen molar-refractivity contribution in [2.45, 2.75) is 56.8 Å². The molecule has 4 rings (SSSR count). The fourth-order valence-electron chi connectivity index (χ4n) is 3.50. The van der Waals surface area contributed by atoms with Gasteiger partial charge in [0.2, 0.25) is 0 Å². The van der Waals surface area contributed by atoms with E-state index in [1.807, 2.05) is 25.5 Å². The fourth-order valence-corrected chi connectivity index (χ4v) is 3.50. The maximum Gasteiger partial charge on any atom is 0.0627 e. The first-order chi connectivity index (χ1) is 10.3. The highest BCUT2D eigenvalue weighted by atomic mass is 14.9. The third-order valence-corrected chi connectivity index (χ3v) is 4.77. The Morgan fingerprint density at radius 2 is 1.43 bits per heavy atom. The van der Waals surface area contributed by atoms with E-state index < -0.39 is 0 Å². The van der Waals surface area contributed by atoms with E-state index in [1.54, 1.807) is 6.20 Å². The molecule has 2 heterocycles. The van der Waals surface area contributed by atoms with E-state index in [0.717, 1.165) is 23.5 Å². The van der Waals surface area contributed by atoms with Crippen LogP contribution in [0, 0.1) is 6.92 Å². The molecule has 21 heavy (non-hydrogen) atoms. The van der Waals surface area contributed by atoms with Crippen LogP contribution in [-0.2, 0) is 0 Å². The number of hydrogen-bond donors (Lipinski definition) is 0. The van der Waals surface area contributed by atoms with E-state index in [9.17, 15) is 0 Å². The molecule has 2 aromatic heterocycles. The summed E-state index contributed by atoms with van der Waals surface area (Å²) < 4.78 is 0. The third-order valence-electron chi connectivity index (χ3n) is 4.77. The van der Waals surface area contributed by atoms with Gasteiger partial charge < -0.3 is 0 Å². The highest BCUT2D eigenvalue weighted by Gasteiger charge is 2.42. The molecule has 2 aromatic rings. The van der Waals surface area contributed by atoms with E-state index in [-0.39, 0.29) is 0 Å². The lowest BCUT2D eigenvalue weighted by Gasteiger charge is -2.09. The molecule has 0 aliphatic heterocycles. The van der Waals surface area contributed by atoms with E-state index in [1.165, 1.54) is 31.4 Å². The van der Waals surface area contributed by atoms with Crippen molar-refractivity contribution in [1.82, 2.24) is 19.9 Å². The molecule has 2 aliphatic carbocycles. The highest BCUT2D eigenvalue weighted by molar-refractivity contribution is 5.28. The topological polar surface area (TPSA) is 51.6 Å². The maximum absolute atomic E-state index is 4.90. The van der Waals surface area contributed by atoms with Gasteiger partial charge in [-0.3, -0.25) is 19.9 Å². The molecule has 2 atom stereocenters. The molecule has 0 saturated heterocycles. The minimum absolute atomic E-state index is 0.477. The van der Waals surface area contributed by atoms with Gasteiger partial charge in [0.15, 0.2) is 0 Å². The fraction of sp³-hybridized carbons (Fsp3) is 0.529. The zero-order chi connectivity index (χ0) is 14.2. The van der Waals surface area contributed by atoms with Crippen LogP contribution in [0.15, 0.2) is 24.8 Å². The Kier molecular flexibility index (Phi) is 3.17. The van der Waals surface area contributed by atoms with Crippen LogP contribution in [0.3, 0.4) is 0 Å². The van der Waals surface area contributed by atoms with Gasteiger partial charge in [-0.15, -0.1) is 0 Å². The second-order valence-electron chi connectivity index (χ2n) is 6.38. The largest absolute Gasteiger partial charge is 0.261 e. The highest BCUT2D eigenvalue weighted by Crippen LogP contribution is 2.53. The van der Waals surface area contributed by atoms with Gasteiger partial charge in [0.25, 0.3) is 0 Å². The van der Waals surface area contributed by atoms with Crippen molar-refractivity contribution in [1.29, 1.82) is 0 Å². The Morgan fingerprint density at radius 3 is 2.14 bits per heavy atom. The van der Waals surface area contributed by atoms with Crippen LogP contribution in [0.4, 0.5) is 0 Å². The van der Waals surface area contributed by atoms with E-state index in [0.29, 0.717) is 17.8 Å². The van der Waals surface area contributed by atoms with Crippen molar-refractivity contribution >= 4 is 0 Å². The summed E-state index contributed by atoms with van der Waals surface area (Å²) in [5, 5.41) is 0. The van der Waals surface area contributed by atoms with E-state index >= 15 is 0 Å². The Hall–Kier alpha value is -1.84. The van der Waals surface area contributed by atoms with Gasteiger partial charge >= 0.3 is 0 Å². The van der Waals surface area contributed by atoms with Crippen LogP contribution in [-0.4, -0.2) is 19.9 Å². The lowest BCUT2D eigenvalue weighted by Crippen LogP contribution is -2.01. The molecule has 4 heteroatoms. The molecule has 0 radical (unpaired) electrons. The summed E-state index contributed by atoms with van der Waals surface area (Å²) in [6.45, 7) is 1.99. The van der Waals surface area contributed by atoms with Crippen molar-refractivity contribution in [2.24, 2.45) is 0 Å². The molecule has 0 bridgehead atoms. The Balaban J connectivity index is 1.54.